The Balaban J connectivity index is 2.58. The number of carbonyl (C=O) groups excluding carboxylic acids is 1. The van der Waals surface area contributed by atoms with Crippen molar-refractivity contribution < 1.29 is 23.8 Å². The van der Waals surface area contributed by atoms with Crippen LogP contribution < -0.4 is 5.32 Å². The highest BCUT2D eigenvalue weighted by molar-refractivity contribution is 5.78. The number of hydrogen-bond donors (Lipinski definition) is 2. The number of carbonyl (C=O) groups is 2. The van der Waals surface area contributed by atoms with E-state index in [9.17, 15) is 14.0 Å². The van der Waals surface area contributed by atoms with Crippen LogP contribution in [-0.2, 0) is 20.7 Å². The monoisotopic (exact) mass is 325 g/mol. The van der Waals surface area contributed by atoms with E-state index in [0.29, 0.717) is 6.42 Å². The van der Waals surface area contributed by atoms with E-state index in [1.165, 1.54) is 19.2 Å². The van der Waals surface area contributed by atoms with E-state index in [0.717, 1.165) is 5.56 Å². The van der Waals surface area contributed by atoms with Crippen LogP contribution in [0.25, 0.3) is 0 Å². The smallest absolute Gasteiger partial charge is 0.305 e. The minimum absolute atomic E-state index is 0.00780. The van der Waals surface area contributed by atoms with Gasteiger partial charge in [0.1, 0.15) is 5.82 Å². The maximum absolute atomic E-state index is 13.2. The minimum atomic E-state index is -1.00. The van der Waals surface area contributed by atoms with Crippen LogP contribution in [0.2, 0.25) is 0 Å². The van der Waals surface area contributed by atoms with Gasteiger partial charge in [0.2, 0.25) is 5.91 Å². The van der Waals surface area contributed by atoms with Gasteiger partial charge >= 0.3 is 5.97 Å². The van der Waals surface area contributed by atoms with E-state index in [4.69, 9.17) is 9.84 Å². The summed E-state index contributed by atoms with van der Waals surface area (Å²) in [5, 5.41) is 11.7. The molecule has 1 amide bonds. The molecule has 0 fully saturated rings. The summed E-state index contributed by atoms with van der Waals surface area (Å²) < 4.78 is 18.2. The molecule has 1 aromatic carbocycles. The second kappa shape index (κ2) is 8.62. The molecule has 6 heteroatoms. The molecule has 0 saturated carbocycles. The second-order valence-corrected chi connectivity index (χ2v) is 6.26. The topological polar surface area (TPSA) is 75.6 Å². The molecule has 0 radical (unpaired) electrons. The molecule has 0 aromatic heterocycles. The fourth-order valence-electron chi connectivity index (χ4n) is 2.63. The number of methoxy groups -OCH3 is 1. The van der Waals surface area contributed by atoms with Gasteiger partial charge in [-0.05, 0) is 37.0 Å². The highest BCUT2D eigenvalue weighted by Crippen LogP contribution is 2.15. The molecular formula is C17H24FNO4. The lowest BCUT2D eigenvalue weighted by molar-refractivity contribution is -0.139. The summed E-state index contributed by atoms with van der Waals surface area (Å²) in [5.41, 5.74) is -0.119. The molecule has 5 nitrogen and oxygen atoms in total. The van der Waals surface area contributed by atoms with Gasteiger partial charge in [0, 0.05) is 13.5 Å². The highest BCUT2D eigenvalue weighted by Gasteiger charge is 2.29. The van der Waals surface area contributed by atoms with Crippen molar-refractivity contribution in [2.24, 2.45) is 5.92 Å². The second-order valence-electron chi connectivity index (χ2n) is 6.26. The van der Waals surface area contributed by atoms with Gasteiger partial charge in [0.05, 0.1) is 18.6 Å². The van der Waals surface area contributed by atoms with Crippen LogP contribution >= 0.6 is 0 Å². The number of nitrogens with one attached hydrogen (secondary N) is 1. The summed E-state index contributed by atoms with van der Waals surface area (Å²) in [4.78, 5) is 23.1. The number of hydrogen-bond acceptors (Lipinski definition) is 3. The van der Waals surface area contributed by atoms with Crippen LogP contribution in [0.3, 0.4) is 0 Å². The lowest BCUT2D eigenvalue weighted by atomic mass is 9.95. The fraction of sp³-hybridized carbons (Fsp3) is 0.529. The number of rotatable bonds is 9. The first-order valence-corrected chi connectivity index (χ1v) is 7.50. The summed E-state index contributed by atoms with van der Waals surface area (Å²) in [6, 6.07) is 6.29. The first-order chi connectivity index (χ1) is 10.7. The normalized spacial score (nSPS) is 14.8. The van der Waals surface area contributed by atoms with Gasteiger partial charge in [-0.3, -0.25) is 9.59 Å². The van der Waals surface area contributed by atoms with Crippen LogP contribution in [0.5, 0.6) is 0 Å². The van der Waals surface area contributed by atoms with E-state index in [1.807, 2.05) is 13.0 Å². The van der Waals surface area contributed by atoms with Crippen LogP contribution in [0.1, 0.15) is 32.3 Å². The van der Waals surface area contributed by atoms with Crippen LogP contribution in [0.15, 0.2) is 24.3 Å². The molecule has 2 unspecified atom stereocenters. The van der Waals surface area contributed by atoms with Gasteiger partial charge in [-0.15, -0.1) is 0 Å². The Morgan fingerprint density at radius 2 is 2.13 bits per heavy atom. The Kier molecular flexibility index (Phi) is 7.16. The number of benzene rings is 1. The maximum atomic E-state index is 13.2. The molecular weight excluding hydrogens is 301 g/mol. The van der Waals surface area contributed by atoms with Gasteiger partial charge in [0.15, 0.2) is 0 Å². The molecule has 1 rings (SSSR count). The predicted molar refractivity (Wildman–Crippen MR) is 84.6 cm³/mol. The lowest BCUT2D eigenvalue weighted by Gasteiger charge is -2.29. The Bertz CT molecular complexity index is 549. The van der Waals surface area contributed by atoms with Crippen molar-refractivity contribution in [1.82, 2.24) is 5.32 Å². The number of halogens is 1. The lowest BCUT2D eigenvalue weighted by Crippen LogP contribution is -2.51. The van der Waals surface area contributed by atoms with Crippen LogP contribution in [0, 0.1) is 11.7 Å². The fourth-order valence-corrected chi connectivity index (χ4v) is 2.63. The van der Waals surface area contributed by atoms with Crippen LogP contribution in [0.4, 0.5) is 4.39 Å². The molecule has 0 heterocycles. The van der Waals surface area contributed by atoms with Crippen molar-refractivity contribution in [3.63, 3.8) is 0 Å². The number of ether oxygens (including phenoxy) is 1. The average molecular weight is 325 g/mol. The van der Waals surface area contributed by atoms with Crippen molar-refractivity contribution in [3.8, 4) is 0 Å². The third-order valence-electron chi connectivity index (χ3n) is 3.45. The Labute approximate surface area is 135 Å². The first-order valence-electron chi connectivity index (χ1n) is 7.50. The van der Waals surface area contributed by atoms with Crippen molar-refractivity contribution >= 4 is 11.9 Å². The number of aliphatic carboxylic acids is 1. The molecule has 0 bridgehead atoms. The van der Waals surface area contributed by atoms with Gasteiger partial charge in [-0.25, -0.2) is 4.39 Å². The molecule has 0 spiro atoms. The molecule has 2 N–H and O–H groups in total. The predicted octanol–water partition coefficient (Wildman–Crippen LogP) is 2.39. The van der Waals surface area contributed by atoms with Gasteiger partial charge in [-0.1, -0.05) is 19.1 Å². The van der Waals surface area contributed by atoms with E-state index in [-0.39, 0.29) is 37.1 Å². The zero-order chi connectivity index (χ0) is 17.5. The summed E-state index contributed by atoms with van der Waals surface area (Å²) in [6.07, 6.45) is 0.589. The average Bonchev–Trinajstić information content (AvgIpc) is 2.36. The van der Waals surface area contributed by atoms with Crippen molar-refractivity contribution in [1.29, 1.82) is 0 Å². The van der Waals surface area contributed by atoms with Gasteiger partial charge in [-0.2, -0.15) is 0 Å². The van der Waals surface area contributed by atoms with E-state index < -0.39 is 11.5 Å². The number of amides is 1. The number of carboxylic acid groups (broad SMARTS) is 1. The van der Waals surface area contributed by atoms with Crippen molar-refractivity contribution in [2.45, 2.75) is 38.6 Å². The molecule has 1 aromatic rings. The van der Waals surface area contributed by atoms with E-state index in [1.54, 1.807) is 13.0 Å². The molecule has 23 heavy (non-hydrogen) atoms. The quantitative estimate of drug-likeness (QED) is 0.731. The molecule has 0 saturated heterocycles. The molecule has 128 valence electrons. The number of carboxylic acids is 1. The van der Waals surface area contributed by atoms with Gasteiger partial charge in [0.25, 0.3) is 0 Å². The summed E-state index contributed by atoms with van der Waals surface area (Å²) in [6.45, 7) is 3.65. The molecule has 0 aliphatic carbocycles. The third-order valence-corrected chi connectivity index (χ3v) is 3.45. The SMILES string of the molecule is COCC(C)(CC(=O)O)NC(=O)CC(C)Cc1cccc(F)c1. The van der Waals surface area contributed by atoms with E-state index >= 15 is 0 Å². The summed E-state index contributed by atoms with van der Waals surface area (Å²) in [5.74, 6) is -1.53. The zero-order valence-electron chi connectivity index (χ0n) is 13.8. The standard InChI is InChI=1S/C17H24FNO4/c1-12(7-13-5-4-6-14(18)9-13)8-15(20)19-17(2,11-23-3)10-16(21)22/h4-6,9,12H,7-8,10-11H2,1-3H3,(H,19,20)(H,21,22). The highest BCUT2D eigenvalue weighted by atomic mass is 19.1. The van der Waals surface area contributed by atoms with Crippen LogP contribution in [-0.4, -0.2) is 36.2 Å². The Hall–Kier alpha value is -1.95. The maximum Gasteiger partial charge on any atom is 0.305 e. The third kappa shape index (κ3) is 7.23. The minimum Gasteiger partial charge on any atom is -0.481 e. The van der Waals surface area contributed by atoms with Crippen molar-refractivity contribution in [3.05, 3.63) is 35.6 Å². The molecule has 0 aliphatic heterocycles. The van der Waals surface area contributed by atoms with Crippen molar-refractivity contribution in [2.75, 3.05) is 13.7 Å². The van der Waals surface area contributed by atoms with Gasteiger partial charge < -0.3 is 15.2 Å². The van der Waals surface area contributed by atoms with E-state index in [2.05, 4.69) is 5.32 Å². The molecule has 2 atom stereocenters. The Morgan fingerprint density at radius 1 is 1.43 bits per heavy atom. The Morgan fingerprint density at radius 3 is 2.70 bits per heavy atom. The summed E-state index contributed by atoms with van der Waals surface area (Å²) >= 11 is 0. The summed E-state index contributed by atoms with van der Waals surface area (Å²) in [7, 11) is 1.46. The first kappa shape index (κ1) is 19.1. The largest absolute Gasteiger partial charge is 0.481 e. The zero-order valence-corrected chi connectivity index (χ0v) is 13.8. The molecule has 0 aliphatic rings.